The van der Waals surface area contributed by atoms with Crippen molar-refractivity contribution < 1.29 is 4.74 Å². The van der Waals surface area contributed by atoms with Crippen molar-refractivity contribution in [3.05, 3.63) is 84.1 Å². The van der Waals surface area contributed by atoms with Crippen LogP contribution in [0.4, 0.5) is 23.1 Å². The lowest BCUT2D eigenvalue weighted by molar-refractivity contribution is 0.469. The molecule has 0 spiro atoms. The van der Waals surface area contributed by atoms with E-state index < -0.39 is 0 Å². The molecule has 0 bridgehead atoms. The van der Waals surface area contributed by atoms with Crippen LogP contribution in [0, 0.1) is 0 Å². The zero-order valence-corrected chi connectivity index (χ0v) is 18.7. The topological polar surface area (TPSA) is 67.3 Å². The fourth-order valence-electron chi connectivity index (χ4n) is 4.03. The number of thiophene rings is 1. The zero-order chi connectivity index (χ0) is 22.2. The normalized spacial score (nSPS) is 12.7. The van der Waals surface area contributed by atoms with Gasteiger partial charge in [0.1, 0.15) is 22.6 Å². The summed E-state index contributed by atoms with van der Waals surface area (Å²) in [7, 11) is 1.96. The summed E-state index contributed by atoms with van der Waals surface area (Å²) in [5, 5.41) is 1.99. The Labute approximate surface area is 195 Å². The average Bonchev–Trinajstić information content (AvgIpc) is 3.52. The summed E-state index contributed by atoms with van der Waals surface area (Å²) in [6, 6.07) is 20.2. The van der Waals surface area contributed by atoms with Gasteiger partial charge in [-0.25, -0.2) is 15.0 Å². The third kappa shape index (κ3) is 3.64. The van der Waals surface area contributed by atoms with Gasteiger partial charge in [-0.1, -0.05) is 18.2 Å². The quantitative estimate of drug-likeness (QED) is 0.337. The Kier molecular flexibility index (Phi) is 4.84. The first-order chi connectivity index (χ1) is 16.3. The van der Waals surface area contributed by atoms with E-state index in [4.69, 9.17) is 9.72 Å². The van der Waals surface area contributed by atoms with Crippen molar-refractivity contribution in [2.45, 2.75) is 6.42 Å². The van der Waals surface area contributed by atoms with Crippen LogP contribution in [0.15, 0.2) is 78.6 Å². The summed E-state index contributed by atoms with van der Waals surface area (Å²) < 4.78 is 6.95. The molecule has 0 saturated heterocycles. The number of benzene rings is 2. The number of ether oxygens (including phenoxy) is 1. The van der Waals surface area contributed by atoms with Crippen LogP contribution >= 0.6 is 11.3 Å². The van der Waals surface area contributed by atoms with Crippen molar-refractivity contribution in [1.29, 1.82) is 0 Å². The Bertz CT molecular complexity index is 1430. The maximum absolute atomic E-state index is 6.01. The molecule has 5 aromatic rings. The lowest BCUT2D eigenvalue weighted by Crippen LogP contribution is -2.18. The first kappa shape index (κ1) is 19.6. The zero-order valence-electron chi connectivity index (χ0n) is 17.9. The van der Waals surface area contributed by atoms with Crippen LogP contribution < -0.4 is 14.5 Å². The maximum Gasteiger partial charge on any atom is 0.240 e. The molecule has 0 N–H and O–H groups in total. The molecule has 0 amide bonds. The van der Waals surface area contributed by atoms with Crippen molar-refractivity contribution >= 4 is 44.7 Å². The van der Waals surface area contributed by atoms with Gasteiger partial charge in [0.2, 0.25) is 11.8 Å². The minimum Gasteiger partial charge on any atom is -0.437 e. The van der Waals surface area contributed by atoms with Gasteiger partial charge in [-0.05, 0) is 59.8 Å². The Hall–Kier alpha value is -4.04. The van der Waals surface area contributed by atoms with Gasteiger partial charge >= 0.3 is 0 Å². The van der Waals surface area contributed by atoms with Gasteiger partial charge in [0.05, 0.1) is 5.52 Å². The summed E-state index contributed by atoms with van der Waals surface area (Å²) in [6.07, 6.45) is 4.36. The van der Waals surface area contributed by atoms with E-state index in [1.807, 2.05) is 59.9 Å². The number of fused-ring (bicyclic) bond motifs is 2. The molecule has 1 aliphatic heterocycles. The van der Waals surface area contributed by atoms with Crippen molar-refractivity contribution in [2.24, 2.45) is 0 Å². The van der Waals surface area contributed by atoms with Crippen LogP contribution in [0.25, 0.3) is 10.2 Å². The van der Waals surface area contributed by atoms with Gasteiger partial charge in [-0.3, -0.25) is 0 Å². The number of anilines is 4. The molecule has 0 fully saturated rings. The Balaban J connectivity index is 1.23. The molecular formula is C25H20N6OS. The number of rotatable bonds is 5. The van der Waals surface area contributed by atoms with Crippen LogP contribution in [0.5, 0.6) is 11.6 Å². The van der Waals surface area contributed by atoms with Gasteiger partial charge < -0.3 is 14.5 Å². The highest BCUT2D eigenvalue weighted by atomic mass is 32.1. The van der Waals surface area contributed by atoms with Crippen molar-refractivity contribution in [3.8, 4) is 11.6 Å². The molecule has 7 nitrogen and oxygen atoms in total. The molecule has 1 aliphatic rings. The van der Waals surface area contributed by atoms with E-state index >= 15 is 0 Å². The minimum absolute atomic E-state index is 0.568. The first-order valence-electron chi connectivity index (χ1n) is 10.6. The molecule has 0 atom stereocenters. The largest absolute Gasteiger partial charge is 0.437 e. The summed E-state index contributed by atoms with van der Waals surface area (Å²) in [4.78, 5) is 22.1. The molecular weight excluding hydrogens is 432 g/mol. The van der Waals surface area contributed by atoms with E-state index in [0.29, 0.717) is 17.6 Å². The van der Waals surface area contributed by atoms with Crippen LogP contribution in [0.3, 0.4) is 0 Å². The lowest BCUT2D eigenvalue weighted by atomic mass is 10.2. The third-order valence-electron chi connectivity index (χ3n) is 5.74. The van der Waals surface area contributed by atoms with E-state index in [1.165, 1.54) is 17.6 Å². The molecule has 0 saturated carbocycles. The van der Waals surface area contributed by atoms with Gasteiger partial charge in [0, 0.05) is 31.2 Å². The fourth-order valence-corrected chi connectivity index (χ4v) is 4.80. The van der Waals surface area contributed by atoms with Crippen LogP contribution in [0.1, 0.15) is 5.56 Å². The summed E-state index contributed by atoms with van der Waals surface area (Å²) in [5.41, 5.74) is 4.42. The van der Waals surface area contributed by atoms with Gasteiger partial charge in [-0.15, -0.1) is 11.3 Å². The average molecular weight is 453 g/mol. The first-order valence-corrected chi connectivity index (χ1v) is 11.5. The number of para-hydroxylation sites is 1. The van der Waals surface area contributed by atoms with E-state index in [-0.39, 0.29) is 0 Å². The molecule has 0 aliphatic carbocycles. The van der Waals surface area contributed by atoms with Crippen LogP contribution in [-0.2, 0) is 6.42 Å². The molecule has 8 heteroatoms. The summed E-state index contributed by atoms with van der Waals surface area (Å²) >= 11 is 1.57. The third-order valence-corrected chi connectivity index (χ3v) is 6.63. The molecule has 162 valence electrons. The van der Waals surface area contributed by atoms with E-state index in [9.17, 15) is 0 Å². The second kappa shape index (κ2) is 8.14. The highest BCUT2D eigenvalue weighted by Gasteiger charge is 2.21. The Morgan fingerprint density at radius 2 is 1.85 bits per heavy atom. The standard InChI is InChI=1S/C25H20N6OS/c1-30(25-26-13-10-22(29-25)31-14-11-17-4-2-3-5-21(17)31)18-6-8-19(9-7-18)32-24-23-20(12-15-33-23)27-16-28-24/h2-10,12-13,15-16H,11,14H2,1H3. The molecule has 6 rings (SSSR count). The molecule has 3 aromatic heterocycles. The SMILES string of the molecule is CN(c1ccc(Oc2ncnc3ccsc23)cc1)c1nccc(N2CCc3ccccc32)n1. The second-order valence-electron chi connectivity index (χ2n) is 7.71. The molecule has 33 heavy (non-hydrogen) atoms. The molecule has 4 heterocycles. The van der Waals surface area contributed by atoms with Crippen molar-refractivity contribution in [1.82, 2.24) is 19.9 Å². The number of hydrogen-bond acceptors (Lipinski definition) is 8. The molecule has 0 unspecified atom stereocenters. The van der Waals surface area contributed by atoms with E-state index in [1.54, 1.807) is 11.3 Å². The smallest absolute Gasteiger partial charge is 0.240 e. The predicted octanol–water partition coefficient (Wildman–Crippen LogP) is 5.74. The van der Waals surface area contributed by atoms with E-state index in [2.05, 4.69) is 44.1 Å². The fraction of sp³-hybridized carbons (Fsp3) is 0.120. The monoisotopic (exact) mass is 452 g/mol. The molecule has 0 radical (unpaired) electrons. The predicted molar refractivity (Wildman–Crippen MR) is 131 cm³/mol. The van der Waals surface area contributed by atoms with Crippen LogP contribution in [-0.4, -0.2) is 33.5 Å². The maximum atomic E-state index is 6.01. The highest BCUT2D eigenvalue weighted by Crippen LogP contribution is 2.35. The number of aromatic nitrogens is 4. The highest BCUT2D eigenvalue weighted by molar-refractivity contribution is 7.17. The second-order valence-corrected chi connectivity index (χ2v) is 8.63. The van der Waals surface area contributed by atoms with Gasteiger partial charge in [0.25, 0.3) is 0 Å². The van der Waals surface area contributed by atoms with Crippen molar-refractivity contribution in [2.75, 3.05) is 23.4 Å². The number of nitrogens with zero attached hydrogens (tertiary/aromatic N) is 6. The van der Waals surface area contributed by atoms with Gasteiger partial charge in [-0.2, -0.15) is 4.98 Å². The van der Waals surface area contributed by atoms with Crippen molar-refractivity contribution in [3.63, 3.8) is 0 Å². The Morgan fingerprint density at radius 3 is 2.76 bits per heavy atom. The Morgan fingerprint density at radius 1 is 0.970 bits per heavy atom. The van der Waals surface area contributed by atoms with E-state index in [0.717, 1.165) is 34.7 Å². The summed E-state index contributed by atoms with van der Waals surface area (Å²) in [5.74, 6) is 2.82. The van der Waals surface area contributed by atoms with Gasteiger partial charge in [0.15, 0.2) is 0 Å². The summed E-state index contributed by atoms with van der Waals surface area (Å²) in [6.45, 7) is 0.923. The lowest BCUT2D eigenvalue weighted by Gasteiger charge is -2.22. The molecule has 2 aromatic carbocycles. The minimum atomic E-state index is 0.568. The number of hydrogen-bond donors (Lipinski definition) is 0. The van der Waals surface area contributed by atoms with Crippen LogP contribution in [0.2, 0.25) is 0 Å².